The van der Waals surface area contributed by atoms with E-state index in [4.69, 9.17) is 4.74 Å². The van der Waals surface area contributed by atoms with Crippen LogP contribution in [0.3, 0.4) is 0 Å². The largest absolute Gasteiger partial charge is 0.382 e. The van der Waals surface area contributed by atoms with Crippen LogP contribution in [0.1, 0.15) is 49.9 Å². The Morgan fingerprint density at radius 3 is 2.72 bits per heavy atom. The third kappa shape index (κ3) is 4.19. The predicted octanol–water partition coefficient (Wildman–Crippen LogP) is 2.63. The van der Waals surface area contributed by atoms with E-state index in [9.17, 15) is 4.79 Å². The molecule has 0 unspecified atom stereocenters. The van der Waals surface area contributed by atoms with E-state index < -0.39 is 0 Å². The SMILES string of the molecule is COC[C@H](NC(=O)Nc1ccnn1C1CCCCC1)c1ccnn1C. The number of ether oxygens (including phenoxy) is 1. The van der Waals surface area contributed by atoms with Crippen molar-refractivity contribution in [2.75, 3.05) is 19.0 Å². The third-order valence-corrected chi connectivity index (χ3v) is 4.69. The molecule has 1 saturated carbocycles. The Bertz CT molecular complexity index is 689. The molecule has 2 aromatic heterocycles. The van der Waals surface area contributed by atoms with Crippen molar-refractivity contribution in [2.45, 2.75) is 44.2 Å². The van der Waals surface area contributed by atoms with Gasteiger partial charge in [-0.15, -0.1) is 0 Å². The van der Waals surface area contributed by atoms with Gasteiger partial charge in [0.2, 0.25) is 0 Å². The maximum absolute atomic E-state index is 12.5. The summed E-state index contributed by atoms with van der Waals surface area (Å²) in [5.41, 5.74) is 0.887. The Hall–Kier alpha value is -2.35. The van der Waals surface area contributed by atoms with Crippen LogP contribution in [-0.4, -0.2) is 39.3 Å². The van der Waals surface area contributed by atoms with E-state index >= 15 is 0 Å². The van der Waals surface area contributed by atoms with Gasteiger partial charge >= 0.3 is 6.03 Å². The first kappa shape index (κ1) is 17.5. The summed E-state index contributed by atoms with van der Waals surface area (Å²) in [4.78, 5) is 12.5. The number of carbonyl (C=O) groups is 1. The quantitative estimate of drug-likeness (QED) is 0.842. The van der Waals surface area contributed by atoms with Crippen molar-refractivity contribution in [3.8, 4) is 0 Å². The summed E-state index contributed by atoms with van der Waals surface area (Å²) in [5, 5.41) is 14.4. The van der Waals surface area contributed by atoms with Gasteiger partial charge in [-0.1, -0.05) is 19.3 Å². The highest BCUT2D eigenvalue weighted by Crippen LogP contribution is 2.29. The number of carbonyl (C=O) groups excluding carboxylic acids is 1. The second-order valence-corrected chi connectivity index (χ2v) is 6.44. The van der Waals surface area contributed by atoms with E-state index in [1.165, 1.54) is 19.3 Å². The molecular weight excluding hydrogens is 320 g/mol. The summed E-state index contributed by atoms with van der Waals surface area (Å²) >= 11 is 0. The van der Waals surface area contributed by atoms with Gasteiger partial charge in [0.1, 0.15) is 5.82 Å². The Kier molecular flexibility index (Phi) is 5.70. The molecule has 2 amide bonds. The number of amides is 2. The highest BCUT2D eigenvalue weighted by Gasteiger charge is 2.21. The summed E-state index contributed by atoms with van der Waals surface area (Å²) in [6, 6.07) is 3.52. The number of hydrogen-bond donors (Lipinski definition) is 2. The Morgan fingerprint density at radius 1 is 1.28 bits per heavy atom. The van der Waals surface area contributed by atoms with Gasteiger partial charge < -0.3 is 10.1 Å². The number of aromatic nitrogens is 4. The fourth-order valence-electron chi connectivity index (χ4n) is 3.43. The summed E-state index contributed by atoms with van der Waals surface area (Å²) < 4.78 is 8.91. The molecule has 1 atom stereocenters. The molecular formula is C17H26N6O2. The highest BCUT2D eigenvalue weighted by molar-refractivity contribution is 5.88. The molecule has 25 heavy (non-hydrogen) atoms. The number of aryl methyl sites for hydroxylation is 1. The normalized spacial score (nSPS) is 16.6. The lowest BCUT2D eigenvalue weighted by Crippen LogP contribution is -2.36. The first-order chi connectivity index (χ1) is 12.2. The molecule has 1 fully saturated rings. The second kappa shape index (κ2) is 8.15. The van der Waals surface area contributed by atoms with Crippen molar-refractivity contribution >= 4 is 11.8 Å². The number of nitrogens with zero attached hydrogens (tertiary/aromatic N) is 4. The number of anilines is 1. The van der Waals surface area contributed by atoms with Crippen LogP contribution >= 0.6 is 0 Å². The van der Waals surface area contributed by atoms with Gasteiger partial charge in [-0.25, -0.2) is 9.48 Å². The smallest absolute Gasteiger partial charge is 0.321 e. The summed E-state index contributed by atoms with van der Waals surface area (Å²) in [7, 11) is 3.46. The fourth-order valence-corrected chi connectivity index (χ4v) is 3.43. The lowest BCUT2D eigenvalue weighted by atomic mass is 9.96. The molecule has 1 aliphatic rings. The minimum absolute atomic E-state index is 0.274. The minimum atomic E-state index is -0.277. The van der Waals surface area contributed by atoms with Gasteiger partial charge in [-0.2, -0.15) is 10.2 Å². The number of urea groups is 1. The summed E-state index contributed by atoms with van der Waals surface area (Å²) in [6.07, 6.45) is 9.37. The van der Waals surface area contributed by atoms with Crippen LogP contribution < -0.4 is 10.6 Å². The molecule has 0 aliphatic heterocycles. The maximum Gasteiger partial charge on any atom is 0.321 e. The van der Waals surface area contributed by atoms with Gasteiger partial charge in [-0.3, -0.25) is 10.00 Å². The van der Waals surface area contributed by atoms with Crippen molar-refractivity contribution < 1.29 is 9.53 Å². The van der Waals surface area contributed by atoms with Crippen LogP contribution in [0.25, 0.3) is 0 Å². The van der Waals surface area contributed by atoms with Crippen molar-refractivity contribution in [1.82, 2.24) is 24.9 Å². The van der Waals surface area contributed by atoms with Crippen molar-refractivity contribution in [3.05, 3.63) is 30.2 Å². The van der Waals surface area contributed by atoms with Crippen LogP contribution in [0, 0.1) is 0 Å². The number of rotatable bonds is 6. The van der Waals surface area contributed by atoms with E-state index in [-0.39, 0.29) is 12.1 Å². The highest BCUT2D eigenvalue weighted by atomic mass is 16.5. The predicted molar refractivity (Wildman–Crippen MR) is 94.3 cm³/mol. The molecule has 0 bridgehead atoms. The summed E-state index contributed by atoms with van der Waals surface area (Å²) in [6.45, 7) is 0.370. The molecule has 0 spiro atoms. The van der Waals surface area contributed by atoms with E-state index in [1.54, 1.807) is 24.2 Å². The van der Waals surface area contributed by atoms with E-state index in [2.05, 4.69) is 20.8 Å². The average molecular weight is 346 g/mol. The van der Waals surface area contributed by atoms with Crippen molar-refractivity contribution in [2.24, 2.45) is 7.05 Å². The van der Waals surface area contributed by atoms with Crippen LogP contribution in [0.2, 0.25) is 0 Å². The fraction of sp³-hybridized carbons (Fsp3) is 0.588. The lowest BCUT2D eigenvalue weighted by Gasteiger charge is -2.24. The minimum Gasteiger partial charge on any atom is -0.382 e. The van der Waals surface area contributed by atoms with Gasteiger partial charge in [-0.05, 0) is 18.9 Å². The molecule has 8 nitrogen and oxygen atoms in total. The zero-order valence-corrected chi connectivity index (χ0v) is 14.8. The first-order valence-corrected chi connectivity index (χ1v) is 8.77. The monoisotopic (exact) mass is 346 g/mol. The Morgan fingerprint density at radius 2 is 2.04 bits per heavy atom. The van der Waals surface area contributed by atoms with Crippen molar-refractivity contribution in [3.63, 3.8) is 0 Å². The van der Waals surface area contributed by atoms with Gasteiger partial charge in [0, 0.05) is 26.4 Å². The average Bonchev–Trinajstić information content (AvgIpc) is 3.24. The maximum atomic E-state index is 12.5. The molecule has 2 heterocycles. The Balaban J connectivity index is 1.66. The molecule has 2 aromatic rings. The molecule has 3 rings (SSSR count). The molecule has 0 aromatic carbocycles. The van der Waals surface area contributed by atoms with Crippen LogP contribution in [0.15, 0.2) is 24.5 Å². The molecule has 1 aliphatic carbocycles. The first-order valence-electron chi connectivity index (χ1n) is 8.77. The van der Waals surface area contributed by atoms with Crippen molar-refractivity contribution in [1.29, 1.82) is 0 Å². The zero-order valence-electron chi connectivity index (χ0n) is 14.8. The molecule has 8 heteroatoms. The van der Waals surface area contributed by atoms with Crippen LogP contribution in [-0.2, 0) is 11.8 Å². The Labute approximate surface area is 147 Å². The zero-order chi connectivity index (χ0) is 17.6. The van der Waals surface area contributed by atoms with Gasteiger partial charge in [0.05, 0.1) is 30.6 Å². The standard InChI is InChI=1S/C17H26N6O2/c1-22-15(8-10-18-22)14(12-25-2)20-17(24)21-16-9-11-19-23(16)13-6-4-3-5-7-13/h8-11,13-14H,3-7,12H2,1-2H3,(H2,20,21,24)/t14-/m0/s1. The molecule has 0 radical (unpaired) electrons. The topological polar surface area (TPSA) is 86.0 Å². The lowest BCUT2D eigenvalue weighted by molar-refractivity contribution is 0.165. The molecule has 136 valence electrons. The molecule has 0 saturated heterocycles. The number of methoxy groups -OCH3 is 1. The second-order valence-electron chi connectivity index (χ2n) is 6.44. The van der Waals surface area contributed by atoms with E-state index in [1.807, 2.05) is 23.9 Å². The van der Waals surface area contributed by atoms with Gasteiger partial charge in [0.25, 0.3) is 0 Å². The van der Waals surface area contributed by atoms with Gasteiger partial charge in [0.15, 0.2) is 0 Å². The summed E-state index contributed by atoms with van der Waals surface area (Å²) in [5.74, 6) is 0.727. The van der Waals surface area contributed by atoms with E-state index in [0.29, 0.717) is 12.6 Å². The van der Waals surface area contributed by atoms with E-state index in [0.717, 1.165) is 24.4 Å². The number of nitrogens with one attached hydrogen (secondary N) is 2. The van der Waals surface area contributed by atoms with Crippen LogP contribution in [0.5, 0.6) is 0 Å². The third-order valence-electron chi connectivity index (χ3n) is 4.69. The number of hydrogen-bond acceptors (Lipinski definition) is 4. The van der Waals surface area contributed by atoms with Crippen LogP contribution in [0.4, 0.5) is 10.6 Å². The molecule has 2 N–H and O–H groups in total.